The lowest BCUT2D eigenvalue weighted by molar-refractivity contribution is 0.824. The van der Waals surface area contributed by atoms with Gasteiger partial charge in [-0.15, -0.1) is 0 Å². The second-order valence-corrected chi connectivity index (χ2v) is 11.9. The summed E-state index contributed by atoms with van der Waals surface area (Å²) in [5.41, 5.74) is 0. The summed E-state index contributed by atoms with van der Waals surface area (Å²) in [5, 5.41) is 20.9. The van der Waals surface area contributed by atoms with E-state index in [1.54, 1.807) is 0 Å². The van der Waals surface area contributed by atoms with Crippen molar-refractivity contribution in [3.8, 4) is 0 Å². The summed E-state index contributed by atoms with van der Waals surface area (Å²) in [5.74, 6) is 0. The van der Waals surface area contributed by atoms with Gasteiger partial charge in [0.05, 0.1) is 0 Å². The zero-order valence-electron chi connectivity index (χ0n) is 24.7. The van der Waals surface area contributed by atoms with Gasteiger partial charge in [0.25, 0.3) is 0 Å². The van der Waals surface area contributed by atoms with E-state index in [1.807, 2.05) is 0 Å². The molecule has 212 valence electrons. The Hall–Kier alpha value is -5.76. The molecular weight excluding hydrogens is 544 g/mol. The fraction of sp³-hybridized carbons (Fsp3) is 0. The first-order chi connectivity index (χ1) is 21.7. The van der Waals surface area contributed by atoms with Crippen molar-refractivity contribution in [3.05, 3.63) is 170 Å². The quantitative estimate of drug-likeness (QED) is 0.161. The van der Waals surface area contributed by atoms with Crippen LogP contribution in [0.15, 0.2) is 170 Å². The average molecular weight is 575 g/mol. The van der Waals surface area contributed by atoms with Crippen molar-refractivity contribution in [2.75, 3.05) is 0 Å². The van der Waals surface area contributed by atoms with Crippen molar-refractivity contribution in [1.29, 1.82) is 0 Å². The number of rotatable bonds is 0. The van der Waals surface area contributed by atoms with Gasteiger partial charge in [-0.3, -0.25) is 0 Å². The third-order valence-corrected chi connectivity index (χ3v) is 9.05. The molecular formula is C44H30O. The predicted octanol–water partition coefficient (Wildman–Crippen LogP) is 11.8. The molecule has 0 saturated heterocycles. The Balaban J connectivity index is 0.000000131. The molecule has 0 spiro atoms. The van der Waals surface area contributed by atoms with E-state index in [4.69, 9.17) is 0 Å². The first kappa shape index (κ1) is 26.8. The molecule has 0 saturated carbocycles. The van der Waals surface area contributed by atoms with E-state index in [-0.39, 0.29) is 5.48 Å². The van der Waals surface area contributed by atoms with Gasteiger partial charge in [-0.25, -0.2) is 0 Å². The van der Waals surface area contributed by atoms with E-state index >= 15 is 0 Å². The minimum absolute atomic E-state index is 0. The summed E-state index contributed by atoms with van der Waals surface area (Å²) < 4.78 is 0. The van der Waals surface area contributed by atoms with Crippen LogP contribution < -0.4 is 0 Å². The first-order valence-electron chi connectivity index (χ1n) is 15.2. The molecule has 10 aromatic rings. The molecule has 0 aliphatic heterocycles. The monoisotopic (exact) mass is 574 g/mol. The zero-order valence-corrected chi connectivity index (χ0v) is 24.7. The van der Waals surface area contributed by atoms with Gasteiger partial charge in [-0.05, 0) is 159 Å². The lowest BCUT2D eigenvalue weighted by atomic mass is 9.97. The van der Waals surface area contributed by atoms with Crippen molar-refractivity contribution >= 4 is 86.2 Å². The Morgan fingerprint density at radius 3 is 0.400 bits per heavy atom. The molecule has 0 aliphatic rings. The Morgan fingerprint density at radius 2 is 0.267 bits per heavy atom. The highest BCUT2D eigenvalue weighted by atomic mass is 16.0. The van der Waals surface area contributed by atoms with Crippen LogP contribution in [0.25, 0.3) is 86.2 Å². The van der Waals surface area contributed by atoms with Crippen LogP contribution in [-0.4, -0.2) is 5.48 Å². The van der Waals surface area contributed by atoms with E-state index < -0.39 is 0 Å². The van der Waals surface area contributed by atoms with Crippen LogP contribution in [0.1, 0.15) is 0 Å². The van der Waals surface area contributed by atoms with E-state index in [9.17, 15) is 0 Å². The SMILES string of the molecule is O.c1ccc2cc3cc4cc5ccccc5cc4cc3cc2c1.c1ccc2cc3cc4cc5ccccc5cc4cc3cc2c1. The van der Waals surface area contributed by atoms with Crippen molar-refractivity contribution in [2.24, 2.45) is 0 Å². The molecule has 0 fully saturated rings. The zero-order chi connectivity index (χ0) is 29.0. The van der Waals surface area contributed by atoms with Crippen LogP contribution in [0.2, 0.25) is 0 Å². The molecule has 1 nitrogen and oxygen atoms in total. The van der Waals surface area contributed by atoms with E-state index in [0.717, 1.165) is 0 Å². The van der Waals surface area contributed by atoms with E-state index in [2.05, 4.69) is 170 Å². The molecule has 10 aromatic carbocycles. The summed E-state index contributed by atoms with van der Waals surface area (Å²) in [6.07, 6.45) is 0. The number of hydrogen-bond donors (Lipinski definition) is 0. The second-order valence-electron chi connectivity index (χ2n) is 11.9. The highest BCUT2D eigenvalue weighted by Gasteiger charge is 2.04. The van der Waals surface area contributed by atoms with Gasteiger partial charge in [0.2, 0.25) is 0 Å². The summed E-state index contributed by atoms with van der Waals surface area (Å²) in [4.78, 5) is 0. The summed E-state index contributed by atoms with van der Waals surface area (Å²) in [6.45, 7) is 0. The second kappa shape index (κ2) is 10.7. The molecule has 1 heteroatoms. The maximum Gasteiger partial charge on any atom is -0.0171 e. The third-order valence-electron chi connectivity index (χ3n) is 9.05. The lowest BCUT2D eigenvalue weighted by Gasteiger charge is -2.07. The van der Waals surface area contributed by atoms with Gasteiger partial charge in [0.1, 0.15) is 0 Å². The van der Waals surface area contributed by atoms with Gasteiger partial charge >= 0.3 is 0 Å². The van der Waals surface area contributed by atoms with Crippen molar-refractivity contribution in [3.63, 3.8) is 0 Å². The molecule has 0 atom stereocenters. The van der Waals surface area contributed by atoms with Crippen molar-refractivity contribution in [1.82, 2.24) is 0 Å². The van der Waals surface area contributed by atoms with Crippen LogP contribution >= 0.6 is 0 Å². The van der Waals surface area contributed by atoms with Gasteiger partial charge in [-0.2, -0.15) is 0 Å². The molecule has 0 radical (unpaired) electrons. The third kappa shape index (κ3) is 4.80. The van der Waals surface area contributed by atoms with Gasteiger partial charge < -0.3 is 5.48 Å². The molecule has 2 N–H and O–H groups in total. The Kier molecular flexibility index (Phi) is 6.41. The first-order valence-corrected chi connectivity index (χ1v) is 15.2. The smallest absolute Gasteiger partial charge is 0.0171 e. The topological polar surface area (TPSA) is 31.5 Å². The fourth-order valence-electron chi connectivity index (χ4n) is 6.77. The number of benzene rings is 10. The normalized spacial score (nSPS) is 11.4. The molecule has 0 aromatic heterocycles. The van der Waals surface area contributed by atoms with Gasteiger partial charge in [0.15, 0.2) is 0 Å². The van der Waals surface area contributed by atoms with Gasteiger partial charge in [-0.1, -0.05) is 97.1 Å². The van der Waals surface area contributed by atoms with Crippen LogP contribution in [0.5, 0.6) is 0 Å². The Bertz CT molecular complexity index is 2160. The van der Waals surface area contributed by atoms with Crippen LogP contribution in [0.4, 0.5) is 0 Å². The standard InChI is InChI=1S/2C22H14.H2O/c2*1-2-6-16-10-20-14-22-12-18-8-4-3-7-17(18)11-21(22)13-19(20)9-15(16)5-1;/h2*1-14H;1H2. The molecule has 0 aliphatic carbocycles. The highest BCUT2D eigenvalue weighted by Crippen LogP contribution is 2.31. The molecule has 0 unspecified atom stereocenters. The predicted molar refractivity (Wildman–Crippen MR) is 197 cm³/mol. The summed E-state index contributed by atoms with van der Waals surface area (Å²) in [6, 6.07) is 61.8. The largest absolute Gasteiger partial charge is 0.412 e. The Morgan fingerprint density at radius 1 is 0.156 bits per heavy atom. The van der Waals surface area contributed by atoms with Crippen LogP contribution in [0.3, 0.4) is 0 Å². The van der Waals surface area contributed by atoms with Crippen LogP contribution in [-0.2, 0) is 0 Å². The number of fused-ring (bicyclic) bond motifs is 8. The van der Waals surface area contributed by atoms with Crippen molar-refractivity contribution in [2.45, 2.75) is 0 Å². The van der Waals surface area contributed by atoms with Gasteiger partial charge in [0, 0.05) is 0 Å². The minimum atomic E-state index is 0. The molecule has 45 heavy (non-hydrogen) atoms. The summed E-state index contributed by atoms with van der Waals surface area (Å²) in [7, 11) is 0. The maximum absolute atomic E-state index is 2.31. The molecule has 10 rings (SSSR count). The average Bonchev–Trinajstić information content (AvgIpc) is 3.06. The van der Waals surface area contributed by atoms with E-state index in [0.29, 0.717) is 0 Å². The minimum Gasteiger partial charge on any atom is -0.412 e. The van der Waals surface area contributed by atoms with Crippen molar-refractivity contribution < 1.29 is 5.48 Å². The molecule has 0 heterocycles. The molecule has 0 amide bonds. The fourth-order valence-corrected chi connectivity index (χ4v) is 6.77. The number of hydrogen-bond acceptors (Lipinski definition) is 0. The van der Waals surface area contributed by atoms with Crippen LogP contribution in [0, 0.1) is 0 Å². The van der Waals surface area contributed by atoms with E-state index in [1.165, 1.54) is 86.2 Å². The summed E-state index contributed by atoms with van der Waals surface area (Å²) >= 11 is 0. The Labute approximate surface area is 260 Å². The molecule has 0 bridgehead atoms. The highest BCUT2D eigenvalue weighted by molar-refractivity contribution is 6.09. The lowest BCUT2D eigenvalue weighted by Crippen LogP contribution is -1.80. The maximum atomic E-state index is 2.31.